The molecule has 10 rings (SSSR count). The summed E-state index contributed by atoms with van der Waals surface area (Å²) in [4.78, 5) is 7.28. The number of benzene rings is 7. The number of allylic oxidation sites excluding steroid dienone is 4. The van der Waals surface area contributed by atoms with Crippen molar-refractivity contribution in [2.24, 2.45) is 0 Å². The molecule has 0 atom stereocenters. The predicted molar refractivity (Wildman–Crippen MR) is 211 cm³/mol. The lowest BCUT2D eigenvalue weighted by molar-refractivity contribution is 0.619. The van der Waals surface area contributed by atoms with Gasteiger partial charge in [0, 0.05) is 22.3 Å². The summed E-state index contributed by atoms with van der Waals surface area (Å²) < 4.78 is 13.0. The summed E-state index contributed by atoms with van der Waals surface area (Å²) in [6, 6.07) is 53.2. The van der Waals surface area contributed by atoms with Crippen LogP contribution in [0.3, 0.4) is 0 Å². The zero-order chi connectivity index (χ0) is 33.7. The maximum atomic E-state index is 6.74. The van der Waals surface area contributed by atoms with Gasteiger partial charge in [0.1, 0.15) is 11.1 Å². The topological polar surface area (TPSA) is 42.4 Å². The van der Waals surface area contributed by atoms with E-state index in [1.54, 1.807) is 0 Å². The molecule has 242 valence electrons. The molecular weight excluding hydrogens is 625 g/mol. The van der Waals surface area contributed by atoms with Gasteiger partial charge in [-0.3, -0.25) is 0 Å². The van der Waals surface area contributed by atoms with E-state index in [1.165, 1.54) is 33.0 Å². The number of para-hydroxylation sites is 1. The van der Waals surface area contributed by atoms with Crippen molar-refractivity contribution in [3.63, 3.8) is 0 Å². The van der Waals surface area contributed by atoms with Crippen molar-refractivity contribution in [3.8, 4) is 22.6 Å². The van der Waals surface area contributed by atoms with Gasteiger partial charge in [-0.15, -0.1) is 0 Å². The minimum atomic E-state index is 0.597. The van der Waals surface area contributed by atoms with Crippen molar-refractivity contribution in [2.75, 3.05) is 4.90 Å². The van der Waals surface area contributed by atoms with Crippen molar-refractivity contribution < 1.29 is 8.83 Å². The average Bonchev–Trinajstić information content (AvgIpc) is 3.82. The summed E-state index contributed by atoms with van der Waals surface area (Å²) in [5.74, 6) is 0.597. The summed E-state index contributed by atoms with van der Waals surface area (Å²) in [7, 11) is 0. The fourth-order valence-corrected chi connectivity index (χ4v) is 7.37. The van der Waals surface area contributed by atoms with E-state index < -0.39 is 0 Å². The number of rotatable bonds is 6. The Morgan fingerprint density at radius 2 is 1.25 bits per heavy atom. The first-order valence-electron chi connectivity index (χ1n) is 17.4. The van der Waals surface area contributed by atoms with E-state index >= 15 is 0 Å². The van der Waals surface area contributed by atoms with Crippen LogP contribution in [0.15, 0.2) is 179 Å². The molecule has 0 radical (unpaired) electrons. The maximum Gasteiger partial charge on any atom is 0.227 e. The molecule has 1 aliphatic rings. The standard InChI is InChI=1S/C47H32N2O2/c1-3-10-31(11-4-1)33-20-24-38(25-21-33)49(39-26-22-34(23-27-39)37-19-18-32-12-7-8-15-36(32)30-37)41-17-9-16-40-44-42(50-46(40)41)28-29-43-45(44)48-47(51-43)35-13-5-2-6-14-35/h2-3,5-30H,1,4H2. The van der Waals surface area contributed by atoms with Gasteiger partial charge < -0.3 is 13.7 Å². The molecule has 0 saturated carbocycles. The summed E-state index contributed by atoms with van der Waals surface area (Å²) in [5, 5.41) is 4.42. The quantitative estimate of drug-likeness (QED) is 0.179. The largest absolute Gasteiger partial charge is 0.454 e. The zero-order valence-electron chi connectivity index (χ0n) is 27.8. The highest BCUT2D eigenvalue weighted by atomic mass is 16.4. The molecule has 0 N–H and O–H groups in total. The van der Waals surface area contributed by atoms with Crippen LogP contribution in [0.1, 0.15) is 18.4 Å². The third kappa shape index (κ3) is 5.12. The molecule has 9 aromatic rings. The molecular formula is C47H32N2O2. The fourth-order valence-electron chi connectivity index (χ4n) is 7.37. The van der Waals surface area contributed by atoms with Gasteiger partial charge in [0.25, 0.3) is 0 Å². The average molecular weight is 657 g/mol. The summed E-state index contributed by atoms with van der Waals surface area (Å²) in [6.07, 6.45) is 8.97. The highest BCUT2D eigenvalue weighted by molar-refractivity contribution is 6.19. The lowest BCUT2D eigenvalue weighted by atomic mass is 9.99. The second-order valence-electron chi connectivity index (χ2n) is 13.1. The molecule has 51 heavy (non-hydrogen) atoms. The molecule has 0 unspecified atom stereocenters. The first-order chi connectivity index (χ1) is 25.3. The second-order valence-corrected chi connectivity index (χ2v) is 13.1. The molecule has 0 aliphatic heterocycles. The minimum absolute atomic E-state index is 0.597. The highest BCUT2D eigenvalue weighted by Gasteiger charge is 2.22. The van der Waals surface area contributed by atoms with Crippen LogP contribution in [0.2, 0.25) is 0 Å². The van der Waals surface area contributed by atoms with Gasteiger partial charge in [0.2, 0.25) is 5.89 Å². The number of hydrogen-bond acceptors (Lipinski definition) is 4. The van der Waals surface area contributed by atoms with E-state index in [9.17, 15) is 0 Å². The zero-order valence-corrected chi connectivity index (χ0v) is 27.8. The second kappa shape index (κ2) is 12.0. The minimum Gasteiger partial charge on any atom is -0.454 e. The van der Waals surface area contributed by atoms with Crippen molar-refractivity contribution in [3.05, 3.63) is 175 Å². The number of fused-ring (bicyclic) bond motifs is 6. The van der Waals surface area contributed by atoms with Gasteiger partial charge in [0.05, 0.1) is 11.1 Å². The van der Waals surface area contributed by atoms with Crippen LogP contribution >= 0.6 is 0 Å². The number of furan rings is 1. The number of hydrogen-bond donors (Lipinski definition) is 0. The molecule has 4 nitrogen and oxygen atoms in total. The van der Waals surface area contributed by atoms with Crippen LogP contribution in [0.5, 0.6) is 0 Å². The number of aromatic nitrogens is 1. The Bertz CT molecular complexity index is 2790. The molecule has 0 fully saturated rings. The number of anilines is 3. The van der Waals surface area contributed by atoms with Gasteiger partial charge in [-0.2, -0.15) is 0 Å². The Balaban J connectivity index is 1.12. The summed E-state index contributed by atoms with van der Waals surface area (Å²) >= 11 is 0. The summed E-state index contributed by atoms with van der Waals surface area (Å²) in [6.45, 7) is 0. The van der Waals surface area contributed by atoms with Gasteiger partial charge in [-0.25, -0.2) is 4.98 Å². The molecule has 0 bridgehead atoms. The third-order valence-corrected chi connectivity index (χ3v) is 9.92. The molecule has 0 saturated heterocycles. The third-order valence-electron chi connectivity index (χ3n) is 9.92. The SMILES string of the molecule is C1=CC(c2ccc(N(c3ccc(-c4ccc5ccccc5c4)cc3)c3cccc4c3oc3ccc5oc(-c6ccccc6)nc5c34)cc2)=CCC1. The molecule has 0 spiro atoms. The van der Waals surface area contributed by atoms with Gasteiger partial charge in [-0.1, -0.05) is 109 Å². The Morgan fingerprint density at radius 3 is 2.04 bits per heavy atom. The molecule has 4 heteroatoms. The fraction of sp³-hybridized carbons (Fsp3) is 0.0426. The van der Waals surface area contributed by atoms with Crippen molar-refractivity contribution in [2.45, 2.75) is 12.8 Å². The smallest absolute Gasteiger partial charge is 0.227 e. The monoisotopic (exact) mass is 656 g/mol. The van der Waals surface area contributed by atoms with Crippen LogP contribution < -0.4 is 4.90 Å². The maximum absolute atomic E-state index is 6.74. The Morgan fingerprint density at radius 1 is 0.529 bits per heavy atom. The van der Waals surface area contributed by atoms with E-state index in [0.717, 1.165) is 68.5 Å². The van der Waals surface area contributed by atoms with Crippen LogP contribution in [0.4, 0.5) is 17.1 Å². The Labute approximate surface area is 295 Å². The van der Waals surface area contributed by atoms with E-state index in [1.807, 2.05) is 42.5 Å². The van der Waals surface area contributed by atoms with Crippen molar-refractivity contribution >= 4 is 66.4 Å². The van der Waals surface area contributed by atoms with E-state index in [2.05, 4.69) is 132 Å². The predicted octanol–water partition coefficient (Wildman–Crippen LogP) is 13.4. The normalized spacial score (nSPS) is 13.0. The number of oxazole rings is 1. The molecule has 2 aromatic heterocycles. The van der Waals surface area contributed by atoms with E-state index in [-0.39, 0.29) is 0 Å². The van der Waals surface area contributed by atoms with Crippen LogP contribution in [0.25, 0.3) is 72.0 Å². The van der Waals surface area contributed by atoms with Crippen LogP contribution in [-0.2, 0) is 0 Å². The van der Waals surface area contributed by atoms with Crippen molar-refractivity contribution in [1.82, 2.24) is 4.98 Å². The van der Waals surface area contributed by atoms with Gasteiger partial charge in [0.15, 0.2) is 11.2 Å². The lowest BCUT2D eigenvalue weighted by Gasteiger charge is -2.26. The highest BCUT2D eigenvalue weighted by Crippen LogP contribution is 2.44. The Kier molecular flexibility index (Phi) is 6.91. The van der Waals surface area contributed by atoms with E-state index in [0.29, 0.717) is 5.89 Å². The molecule has 0 amide bonds. The Hall–Kier alpha value is -6.65. The molecule has 1 aliphatic carbocycles. The lowest BCUT2D eigenvalue weighted by Crippen LogP contribution is -2.10. The van der Waals surface area contributed by atoms with Crippen LogP contribution in [-0.4, -0.2) is 4.98 Å². The number of nitrogens with zero attached hydrogens (tertiary/aromatic N) is 2. The summed E-state index contributed by atoms with van der Waals surface area (Å²) in [5.41, 5.74) is 11.9. The first kappa shape index (κ1) is 29.3. The van der Waals surface area contributed by atoms with Gasteiger partial charge in [-0.05, 0) is 107 Å². The molecule has 2 heterocycles. The van der Waals surface area contributed by atoms with Gasteiger partial charge >= 0.3 is 0 Å². The van der Waals surface area contributed by atoms with Crippen molar-refractivity contribution in [1.29, 1.82) is 0 Å². The molecule has 7 aromatic carbocycles. The first-order valence-corrected chi connectivity index (χ1v) is 17.4. The van der Waals surface area contributed by atoms with E-state index in [4.69, 9.17) is 13.8 Å². The van der Waals surface area contributed by atoms with Crippen LogP contribution in [0, 0.1) is 0 Å².